The normalized spacial score (nSPS) is 15.9. The molecule has 0 spiro atoms. The first kappa shape index (κ1) is 19.1. The van der Waals surface area contributed by atoms with Crippen LogP contribution in [0.25, 0.3) is 0 Å². The maximum absolute atomic E-state index is 12.5. The topological polar surface area (TPSA) is 108 Å². The lowest BCUT2D eigenvalue weighted by atomic mass is 10.1. The van der Waals surface area contributed by atoms with Gasteiger partial charge in [-0.25, -0.2) is 4.79 Å². The molecule has 2 aromatic carbocycles. The standard InChI is InChI=1S/C20H20N4O4/c1-21-18(26)14-8-5-9-15(11-14)22-17(25)12-24-19(27)16(23-20(24)28)10-13-6-3-2-4-7-13/h2-9,11,16H,10,12H2,1H3,(H,21,26)(H,22,25)(H,23,28). The molecule has 3 N–H and O–H groups in total. The van der Waals surface area contributed by atoms with Gasteiger partial charge in [0.2, 0.25) is 5.91 Å². The van der Waals surface area contributed by atoms with Crippen molar-refractivity contribution < 1.29 is 19.2 Å². The molecule has 28 heavy (non-hydrogen) atoms. The van der Waals surface area contributed by atoms with Crippen LogP contribution in [0.4, 0.5) is 10.5 Å². The summed E-state index contributed by atoms with van der Waals surface area (Å²) in [5, 5.41) is 7.71. The molecule has 1 heterocycles. The Morgan fingerprint density at radius 2 is 1.82 bits per heavy atom. The summed E-state index contributed by atoms with van der Waals surface area (Å²) in [6.07, 6.45) is 0.359. The highest BCUT2D eigenvalue weighted by molar-refractivity contribution is 6.08. The Balaban J connectivity index is 1.61. The van der Waals surface area contributed by atoms with Gasteiger partial charge in [0.25, 0.3) is 11.8 Å². The molecule has 0 radical (unpaired) electrons. The SMILES string of the molecule is CNC(=O)c1cccc(NC(=O)CN2C(=O)NC(Cc3ccccc3)C2=O)c1. The number of anilines is 1. The molecule has 0 bridgehead atoms. The quantitative estimate of drug-likeness (QED) is 0.653. The van der Waals surface area contributed by atoms with E-state index >= 15 is 0 Å². The van der Waals surface area contributed by atoms with E-state index in [0.29, 0.717) is 17.7 Å². The minimum atomic E-state index is -0.695. The largest absolute Gasteiger partial charge is 0.355 e. The molecule has 3 rings (SSSR count). The van der Waals surface area contributed by atoms with Gasteiger partial charge in [0, 0.05) is 24.7 Å². The van der Waals surface area contributed by atoms with E-state index in [1.54, 1.807) is 18.2 Å². The highest BCUT2D eigenvalue weighted by Crippen LogP contribution is 2.14. The molecule has 5 amide bonds. The minimum Gasteiger partial charge on any atom is -0.355 e. The van der Waals surface area contributed by atoms with Crippen LogP contribution in [0.15, 0.2) is 54.6 Å². The maximum Gasteiger partial charge on any atom is 0.325 e. The van der Waals surface area contributed by atoms with E-state index < -0.39 is 30.4 Å². The first-order valence-electron chi connectivity index (χ1n) is 8.75. The van der Waals surface area contributed by atoms with Crippen LogP contribution in [0.3, 0.4) is 0 Å². The first-order chi connectivity index (χ1) is 13.5. The zero-order valence-corrected chi connectivity index (χ0v) is 15.3. The lowest BCUT2D eigenvalue weighted by Gasteiger charge is -2.13. The number of hydrogen-bond donors (Lipinski definition) is 3. The van der Waals surface area contributed by atoms with Gasteiger partial charge in [-0.15, -0.1) is 0 Å². The van der Waals surface area contributed by atoms with Crippen molar-refractivity contribution in [2.75, 3.05) is 18.9 Å². The van der Waals surface area contributed by atoms with Crippen LogP contribution >= 0.6 is 0 Å². The van der Waals surface area contributed by atoms with Crippen molar-refractivity contribution in [3.63, 3.8) is 0 Å². The fraction of sp³-hybridized carbons (Fsp3) is 0.200. The van der Waals surface area contributed by atoms with Crippen molar-refractivity contribution >= 4 is 29.4 Å². The van der Waals surface area contributed by atoms with Gasteiger partial charge in [-0.05, 0) is 23.8 Å². The third-order valence-electron chi connectivity index (χ3n) is 4.33. The number of urea groups is 1. The molecule has 8 nitrogen and oxygen atoms in total. The maximum atomic E-state index is 12.5. The fourth-order valence-corrected chi connectivity index (χ4v) is 2.94. The molecule has 1 unspecified atom stereocenters. The lowest BCUT2D eigenvalue weighted by molar-refractivity contribution is -0.130. The van der Waals surface area contributed by atoms with Crippen molar-refractivity contribution in [2.24, 2.45) is 0 Å². The zero-order valence-electron chi connectivity index (χ0n) is 15.3. The van der Waals surface area contributed by atoms with E-state index in [2.05, 4.69) is 16.0 Å². The van der Waals surface area contributed by atoms with Crippen LogP contribution in [-0.2, 0) is 16.0 Å². The average Bonchev–Trinajstić information content (AvgIpc) is 2.95. The van der Waals surface area contributed by atoms with E-state index in [1.807, 2.05) is 30.3 Å². The van der Waals surface area contributed by atoms with Gasteiger partial charge in [0.05, 0.1) is 0 Å². The molecule has 0 aliphatic carbocycles. The van der Waals surface area contributed by atoms with E-state index in [1.165, 1.54) is 13.1 Å². The Labute approximate surface area is 161 Å². The summed E-state index contributed by atoms with van der Waals surface area (Å²) in [5.41, 5.74) is 1.70. The second kappa shape index (κ2) is 8.34. The monoisotopic (exact) mass is 380 g/mol. The van der Waals surface area contributed by atoms with E-state index in [-0.39, 0.29) is 5.91 Å². The molecule has 0 saturated carbocycles. The van der Waals surface area contributed by atoms with Crippen molar-refractivity contribution in [1.29, 1.82) is 0 Å². The molecule has 0 aromatic heterocycles. The highest BCUT2D eigenvalue weighted by Gasteiger charge is 2.38. The van der Waals surface area contributed by atoms with Crippen molar-refractivity contribution in [2.45, 2.75) is 12.5 Å². The van der Waals surface area contributed by atoms with Gasteiger partial charge < -0.3 is 16.0 Å². The minimum absolute atomic E-state index is 0.283. The van der Waals surface area contributed by atoms with Crippen LogP contribution in [-0.4, -0.2) is 48.3 Å². The smallest absolute Gasteiger partial charge is 0.325 e. The predicted molar refractivity (Wildman–Crippen MR) is 103 cm³/mol. The molecule has 1 atom stereocenters. The second-order valence-electron chi connectivity index (χ2n) is 6.32. The summed E-state index contributed by atoms with van der Waals surface area (Å²) in [6.45, 7) is -0.403. The van der Waals surface area contributed by atoms with Crippen molar-refractivity contribution in [1.82, 2.24) is 15.5 Å². The summed E-state index contributed by atoms with van der Waals surface area (Å²) < 4.78 is 0. The number of nitrogens with zero attached hydrogens (tertiary/aromatic N) is 1. The Kier molecular flexibility index (Phi) is 5.69. The average molecular weight is 380 g/mol. The van der Waals surface area contributed by atoms with E-state index in [4.69, 9.17) is 0 Å². The Bertz CT molecular complexity index is 913. The number of rotatable bonds is 6. The third-order valence-corrected chi connectivity index (χ3v) is 4.33. The molecular formula is C20H20N4O4. The van der Waals surface area contributed by atoms with Gasteiger partial charge in [0.15, 0.2) is 0 Å². The Morgan fingerprint density at radius 1 is 1.07 bits per heavy atom. The van der Waals surface area contributed by atoms with Crippen LogP contribution in [0.2, 0.25) is 0 Å². The summed E-state index contributed by atoms with van der Waals surface area (Å²) in [4.78, 5) is 49.5. The molecule has 1 aliphatic rings. The van der Waals surface area contributed by atoms with Crippen LogP contribution in [0, 0.1) is 0 Å². The summed E-state index contributed by atoms with van der Waals surface area (Å²) >= 11 is 0. The van der Waals surface area contributed by atoms with Crippen LogP contribution in [0.5, 0.6) is 0 Å². The van der Waals surface area contributed by atoms with Gasteiger partial charge in [-0.3, -0.25) is 19.3 Å². The predicted octanol–water partition coefficient (Wildman–Crippen LogP) is 1.15. The van der Waals surface area contributed by atoms with Gasteiger partial charge >= 0.3 is 6.03 Å². The van der Waals surface area contributed by atoms with Crippen LogP contribution < -0.4 is 16.0 Å². The van der Waals surface area contributed by atoms with E-state index in [0.717, 1.165) is 10.5 Å². The number of hydrogen-bond acceptors (Lipinski definition) is 4. The summed E-state index contributed by atoms with van der Waals surface area (Å²) in [6, 6.07) is 14.4. The first-order valence-corrected chi connectivity index (χ1v) is 8.75. The number of nitrogens with one attached hydrogen (secondary N) is 3. The number of benzene rings is 2. The zero-order chi connectivity index (χ0) is 20.1. The van der Waals surface area contributed by atoms with Crippen molar-refractivity contribution in [3.8, 4) is 0 Å². The molecular weight excluding hydrogens is 360 g/mol. The number of amides is 5. The second-order valence-corrected chi connectivity index (χ2v) is 6.32. The number of carbonyl (C=O) groups is 4. The lowest BCUT2D eigenvalue weighted by Crippen LogP contribution is -2.38. The molecule has 1 aliphatic heterocycles. The third kappa shape index (κ3) is 4.35. The molecule has 144 valence electrons. The molecule has 1 fully saturated rings. The van der Waals surface area contributed by atoms with E-state index in [9.17, 15) is 19.2 Å². The van der Waals surface area contributed by atoms with Crippen LogP contribution in [0.1, 0.15) is 15.9 Å². The van der Waals surface area contributed by atoms with Gasteiger partial charge in [-0.1, -0.05) is 36.4 Å². The van der Waals surface area contributed by atoms with Gasteiger partial charge in [-0.2, -0.15) is 0 Å². The highest BCUT2D eigenvalue weighted by atomic mass is 16.2. The summed E-state index contributed by atoms with van der Waals surface area (Å²) in [7, 11) is 1.51. The molecule has 1 saturated heterocycles. The van der Waals surface area contributed by atoms with Gasteiger partial charge in [0.1, 0.15) is 12.6 Å². The van der Waals surface area contributed by atoms with Crippen molar-refractivity contribution in [3.05, 3.63) is 65.7 Å². The summed E-state index contributed by atoms with van der Waals surface area (Å²) in [5.74, 6) is -1.25. The number of imide groups is 1. The molecule has 8 heteroatoms. The Hall–Kier alpha value is -3.68. The number of carbonyl (C=O) groups excluding carboxylic acids is 4. The Morgan fingerprint density at radius 3 is 2.54 bits per heavy atom. The molecule has 2 aromatic rings. The fourth-order valence-electron chi connectivity index (χ4n) is 2.94.